The van der Waals surface area contributed by atoms with Crippen LogP contribution in [-0.2, 0) is 0 Å². The number of rotatable bonds is 3. The zero-order valence-electron chi connectivity index (χ0n) is 10.5. The molecule has 0 atom stereocenters. The third-order valence-electron chi connectivity index (χ3n) is 2.96. The fourth-order valence-electron chi connectivity index (χ4n) is 1.98. The van der Waals surface area contributed by atoms with Crippen LogP contribution in [0.25, 0.3) is 16.9 Å². The highest BCUT2D eigenvalue weighted by molar-refractivity contribution is 5.58. The van der Waals surface area contributed by atoms with Gasteiger partial charge in [0.1, 0.15) is 0 Å². The maximum absolute atomic E-state index is 10.8. The first-order chi connectivity index (χ1) is 9.74. The number of aromatic nitrogens is 2. The Morgan fingerprint density at radius 1 is 1.00 bits per heavy atom. The van der Waals surface area contributed by atoms with Gasteiger partial charge >= 0.3 is 0 Å². The Morgan fingerprint density at radius 3 is 2.55 bits per heavy atom. The zero-order chi connectivity index (χ0) is 13.9. The van der Waals surface area contributed by atoms with Gasteiger partial charge < -0.3 is 0 Å². The van der Waals surface area contributed by atoms with E-state index in [9.17, 15) is 10.1 Å². The number of hydrogen-bond donors (Lipinski definition) is 0. The van der Waals surface area contributed by atoms with E-state index in [4.69, 9.17) is 0 Å². The molecule has 0 aliphatic heterocycles. The molecule has 98 valence electrons. The Bertz CT molecular complexity index is 751. The van der Waals surface area contributed by atoms with Crippen LogP contribution in [0.2, 0.25) is 0 Å². The molecule has 0 saturated carbocycles. The van der Waals surface area contributed by atoms with Crippen LogP contribution in [0.15, 0.2) is 66.9 Å². The van der Waals surface area contributed by atoms with Gasteiger partial charge in [0.15, 0.2) is 0 Å². The standard InChI is InChI=1S/C15H11N3O2/c19-18(20)14-8-4-7-13(11-14)17-10-9-15(16-17)12-5-2-1-3-6-12/h1-11H. The molecule has 0 saturated heterocycles. The van der Waals surface area contributed by atoms with Crippen molar-refractivity contribution in [3.05, 3.63) is 77.0 Å². The Labute approximate surface area is 115 Å². The molecule has 1 heterocycles. The summed E-state index contributed by atoms with van der Waals surface area (Å²) in [5, 5.41) is 15.2. The molecule has 0 unspecified atom stereocenters. The predicted octanol–water partition coefficient (Wildman–Crippen LogP) is 3.45. The molecule has 5 heteroatoms. The van der Waals surface area contributed by atoms with Crippen LogP contribution in [0.3, 0.4) is 0 Å². The molecular weight excluding hydrogens is 254 g/mol. The van der Waals surface area contributed by atoms with E-state index in [2.05, 4.69) is 5.10 Å². The van der Waals surface area contributed by atoms with E-state index < -0.39 is 4.92 Å². The van der Waals surface area contributed by atoms with Gasteiger partial charge in [-0.25, -0.2) is 4.68 Å². The normalized spacial score (nSPS) is 10.4. The highest BCUT2D eigenvalue weighted by Gasteiger charge is 2.08. The lowest BCUT2D eigenvalue weighted by Gasteiger charge is -2.01. The van der Waals surface area contributed by atoms with E-state index >= 15 is 0 Å². The first kappa shape index (κ1) is 12.1. The fraction of sp³-hybridized carbons (Fsp3) is 0. The largest absolute Gasteiger partial charge is 0.271 e. The number of nitro groups is 1. The van der Waals surface area contributed by atoms with Gasteiger partial charge in [-0.05, 0) is 12.1 Å². The maximum Gasteiger partial charge on any atom is 0.271 e. The lowest BCUT2D eigenvalue weighted by Crippen LogP contribution is -1.96. The van der Waals surface area contributed by atoms with Gasteiger partial charge in [0, 0.05) is 23.9 Å². The zero-order valence-corrected chi connectivity index (χ0v) is 10.5. The Hall–Kier alpha value is -2.95. The summed E-state index contributed by atoms with van der Waals surface area (Å²) in [5.41, 5.74) is 2.56. The van der Waals surface area contributed by atoms with E-state index in [1.54, 1.807) is 23.0 Å². The van der Waals surface area contributed by atoms with Crippen molar-refractivity contribution in [1.29, 1.82) is 0 Å². The van der Waals surface area contributed by atoms with Crippen LogP contribution in [0.4, 0.5) is 5.69 Å². The summed E-state index contributed by atoms with van der Waals surface area (Å²) in [6, 6.07) is 18.1. The SMILES string of the molecule is O=[N+]([O-])c1cccc(-n2ccc(-c3ccccc3)n2)c1. The van der Waals surface area contributed by atoms with Crippen molar-refractivity contribution in [2.75, 3.05) is 0 Å². The topological polar surface area (TPSA) is 61.0 Å². The Balaban J connectivity index is 1.98. The average Bonchev–Trinajstić information content (AvgIpc) is 2.98. The van der Waals surface area contributed by atoms with Crippen molar-refractivity contribution in [2.24, 2.45) is 0 Å². The van der Waals surface area contributed by atoms with Gasteiger partial charge in [0.25, 0.3) is 5.69 Å². The molecular formula is C15H11N3O2. The summed E-state index contributed by atoms with van der Waals surface area (Å²) >= 11 is 0. The lowest BCUT2D eigenvalue weighted by molar-refractivity contribution is -0.384. The lowest BCUT2D eigenvalue weighted by atomic mass is 10.2. The van der Waals surface area contributed by atoms with Crippen molar-refractivity contribution < 1.29 is 4.92 Å². The molecule has 0 radical (unpaired) electrons. The van der Waals surface area contributed by atoms with Crippen LogP contribution in [0.1, 0.15) is 0 Å². The van der Waals surface area contributed by atoms with E-state index in [0.717, 1.165) is 11.3 Å². The van der Waals surface area contributed by atoms with Gasteiger partial charge in [-0.1, -0.05) is 36.4 Å². The molecule has 0 N–H and O–H groups in total. The molecule has 3 rings (SSSR count). The number of nitrogens with zero attached hydrogens (tertiary/aromatic N) is 3. The third kappa shape index (κ3) is 2.29. The van der Waals surface area contributed by atoms with Crippen molar-refractivity contribution >= 4 is 5.69 Å². The monoisotopic (exact) mass is 265 g/mol. The second kappa shape index (κ2) is 4.97. The fourth-order valence-corrected chi connectivity index (χ4v) is 1.98. The summed E-state index contributed by atoms with van der Waals surface area (Å²) in [6.07, 6.45) is 1.79. The highest BCUT2D eigenvalue weighted by atomic mass is 16.6. The maximum atomic E-state index is 10.8. The second-order valence-corrected chi connectivity index (χ2v) is 4.29. The molecule has 20 heavy (non-hydrogen) atoms. The molecule has 0 aliphatic rings. The van der Waals surface area contributed by atoms with E-state index in [1.807, 2.05) is 36.4 Å². The van der Waals surface area contributed by atoms with Crippen molar-refractivity contribution in [1.82, 2.24) is 9.78 Å². The number of hydrogen-bond acceptors (Lipinski definition) is 3. The van der Waals surface area contributed by atoms with Crippen molar-refractivity contribution in [3.8, 4) is 16.9 Å². The van der Waals surface area contributed by atoms with Gasteiger partial charge in [0.05, 0.1) is 16.3 Å². The van der Waals surface area contributed by atoms with E-state index in [-0.39, 0.29) is 5.69 Å². The molecule has 2 aromatic carbocycles. The molecule has 0 fully saturated rings. The third-order valence-corrected chi connectivity index (χ3v) is 2.96. The molecule has 0 spiro atoms. The summed E-state index contributed by atoms with van der Waals surface area (Å²) in [4.78, 5) is 10.4. The molecule has 0 amide bonds. The van der Waals surface area contributed by atoms with Crippen LogP contribution in [-0.4, -0.2) is 14.7 Å². The summed E-state index contributed by atoms with van der Waals surface area (Å²) < 4.78 is 1.63. The van der Waals surface area contributed by atoms with Crippen molar-refractivity contribution in [2.45, 2.75) is 0 Å². The second-order valence-electron chi connectivity index (χ2n) is 4.29. The van der Waals surface area contributed by atoms with Crippen LogP contribution < -0.4 is 0 Å². The average molecular weight is 265 g/mol. The minimum absolute atomic E-state index is 0.0549. The van der Waals surface area contributed by atoms with E-state index in [0.29, 0.717) is 5.69 Å². The van der Waals surface area contributed by atoms with Crippen LogP contribution in [0, 0.1) is 10.1 Å². The first-order valence-electron chi connectivity index (χ1n) is 6.10. The minimum Gasteiger partial charge on any atom is -0.258 e. The number of benzene rings is 2. The molecule has 0 aliphatic carbocycles. The summed E-state index contributed by atoms with van der Waals surface area (Å²) in [6.45, 7) is 0. The van der Waals surface area contributed by atoms with Gasteiger partial charge in [0.2, 0.25) is 0 Å². The summed E-state index contributed by atoms with van der Waals surface area (Å²) in [7, 11) is 0. The number of non-ortho nitro benzene ring substituents is 1. The molecule has 0 bridgehead atoms. The van der Waals surface area contributed by atoms with E-state index in [1.165, 1.54) is 12.1 Å². The minimum atomic E-state index is -0.412. The van der Waals surface area contributed by atoms with Gasteiger partial charge in [-0.15, -0.1) is 0 Å². The Kier molecular flexibility index (Phi) is 3.01. The van der Waals surface area contributed by atoms with Gasteiger partial charge in [-0.3, -0.25) is 10.1 Å². The molecule has 5 nitrogen and oxygen atoms in total. The van der Waals surface area contributed by atoms with Crippen LogP contribution >= 0.6 is 0 Å². The number of nitro benzene ring substituents is 1. The molecule has 3 aromatic rings. The smallest absolute Gasteiger partial charge is 0.258 e. The van der Waals surface area contributed by atoms with Gasteiger partial charge in [-0.2, -0.15) is 5.10 Å². The van der Waals surface area contributed by atoms with Crippen LogP contribution in [0.5, 0.6) is 0 Å². The van der Waals surface area contributed by atoms with Crippen molar-refractivity contribution in [3.63, 3.8) is 0 Å². The Morgan fingerprint density at radius 2 is 1.80 bits per heavy atom. The highest BCUT2D eigenvalue weighted by Crippen LogP contribution is 2.20. The molecule has 1 aromatic heterocycles. The summed E-state index contributed by atoms with van der Waals surface area (Å²) in [5.74, 6) is 0. The first-order valence-corrected chi connectivity index (χ1v) is 6.10. The quantitative estimate of drug-likeness (QED) is 0.538. The predicted molar refractivity (Wildman–Crippen MR) is 75.7 cm³/mol.